The average Bonchev–Trinajstić information content (AvgIpc) is 2.81. The van der Waals surface area contributed by atoms with Crippen molar-refractivity contribution in [1.82, 2.24) is 4.98 Å². The summed E-state index contributed by atoms with van der Waals surface area (Å²) in [6.07, 6.45) is 3.05. The Balaban J connectivity index is 2.37. The monoisotopic (exact) mass is 217 g/mol. The van der Waals surface area contributed by atoms with Crippen molar-refractivity contribution in [2.45, 2.75) is 12.8 Å². The molecule has 0 fully saturated rings. The van der Waals surface area contributed by atoms with Gasteiger partial charge in [-0.15, -0.1) is 0 Å². The van der Waals surface area contributed by atoms with Crippen LogP contribution in [0.25, 0.3) is 11.5 Å². The summed E-state index contributed by atoms with van der Waals surface area (Å²) >= 11 is 0. The fourth-order valence-electron chi connectivity index (χ4n) is 1.45. The molecule has 0 saturated carbocycles. The maximum atomic E-state index is 10.9. The topological polar surface area (TPSA) is 63.3 Å². The van der Waals surface area contributed by atoms with Gasteiger partial charge >= 0.3 is 5.97 Å². The summed E-state index contributed by atoms with van der Waals surface area (Å²) in [5.41, 5.74) is 1.53. The van der Waals surface area contributed by atoms with E-state index in [-0.39, 0.29) is 0 Å². The quantitative estimate of drug-likeness (QED) is 0.858. The van der Waals surface area contributed by atoms with E-state index in [0.717, 1.165) is 11.1 Å². The maximum absolute atomic E-state index is 10.9. The van der Waals surface area contributed by atoms with Gasteiger partial charge in [0, 0.05) is 5.56 Å². The van der Waals surface area contributed by atoms with Crippen LogP contribution in [0.2, 0.25) is 0 Å². The van der Waals surface area contributed by atoms with E-state index in [0.29, 0.717) is 5.89 Å². The Hall–Kier alpha value is -2.10. The van der Waals surface area contributed by atoms with Gasteiger partial charge in [0.15, 0.2) is 0 Å². The number of carboxylic acids is 1. The van der Waals surface area contributed by atoms with Crippen LogP contribution in [0, 0.1) is 0 Å². The highest BCUT2D eigenvalue weighted by Crippen LogP contribution is 2.22. The zero-order valence-corrected chi connectivity index (χ0v) is 8.75. The van der Waals surface area contributed by atoms with Crippen molar-refractivity contribution in [1.29, 1.82) is 0 Å². The lowest BCUT2D eigenvalue weighted by molar-refractivity contribution is -0.138. The number of oxazole rings is 1. The second-order valence-electron chi connectivity index (χ2n) is 3.52. The number of aromatic nitrogens is 1. The minimum Gasteiger partial charge on any atom is -0.481 e. The maximum Gasteiger partial charge on any atom is 0.310 e. The molecular weight excluding hydrogens is 206 g/mol. The summed E-state index contributed by atoms with van der Waals surface area (Å²) in [4.78, 5) is 14.9. The van der Waals surface area contributed by atoms with E-state index in [4.69, 9.17) is 9.52 Å². The summed E-state index contributed by atoms with van der Waals surface area (Å²) in [5, 5.41) is 8.92. The summed E-state index contributed by atoms with van der Waals surface area (Å²) in [5.74, 6) is -0.876. The van der Waals surface area contributed by atoms with E-state index < -0.39 is 11.9 Å². The van der Waals surface area contributed by atoms with Gasteiger partial charge in [-0.25, -0.2) is 4.98 Å². The molecule has 0 bridgehead atoms. The number of hydrogen-bond donors (Lipinski definition) is 1. The van der Waals surface area contributed by atoms with Crippen LogP contribution < -0.4 is 0 Å². The lowest BCUT2D eigenvalue weighted by Gasteiger charge is -2.07. The van der Waals surface area contributed by atoms with Gasteiger partial charge < -0.3 is 9.52 Å². The fraction of sp³-hybridized carbons (Fsp3) is 0.167. The van der Waals surface area contributed by atoms with Gasteiger partial charge in [-0.1, -0.05) is 12.1 Å². The number of carboxylic acid groups (broad SMARTS) is 1. The van der Waals surface area contributed by atoms with Crippen LogP contribution >= 0.6 is 0 Å². The third-order valence-corrected chi connectivity index (χ3v) is 2.44. The molecule has 0 amide bonds. The Morgan fingerprint density at radius 3 is 2.94 bits per heavy atom. The van der Waals surface area contributed by atoms with Gasteiger partial charge in [-0.2, -0.15) is 0 Å². The molecule has 1 unspecified atom stereocenters. The van der Waals surface area contributed by atoms with Crippen LogP contribution in [0.3, 0.4) is 0 Å². The van der Waals surface area contributed by atoms with E-state index in [9.17, 15) is 4.79 Å². The van der Waals surface area contributed by atoms with E-state index >= 15 is 0 Å². The minimum atomic E-state index is -0.843. The first-order valence-corrected chi connectivity index (χ1v) is 4.91. The lowest BCUT2D eigenvalue weighted by atomic mass is 9.99. The molecule has 0 spiro atoms. The van der Waals surface area contributed by atoms with E-state index in [2.05, 4.69) is 4.98 Å². The molecule has 82 valence electrons. The molecule has 1 N–H and O–H groups in total. The zero-order valence-electron chi connectivity index (χ0n) is 8.75. The number of hydrogen-bond acceptors (Lipinski definition) is 3. The number of rotatable bonds is 3. The molecule has 2 aromatic rings. The zero-order chi connectivity index (χ0) is 11.5. The van der Waals surface area contributed by atoms with Crippen molar-refractivity contribution in [2.75, 3.05) is 0 Å². The Kier molecular flexibility index (Phi) is 2.72. The predicted octanol–water partition coefficient (Wildman–Crippen LogP) is 2.53. The molecule has 4 nitrogen and oxygen atoms in total. The van der Waals surface area contributed by atoms with Crippen molar-refractivity contribution < 1.29 is 14.3 Å². The third kappa shape index (κ3) is 1.95. The number of aliphatic carboxylic acids is 1. The van der Waals surface area contributed by atoms with Crippen LogP contribution in [0.4, 0.5) is 0 Å². The van der Waals surface area contributed by atoms with E-state index in [1.807, 2.05) is 6.07 Å². The molecule has 0 aliphatic rings. The van der Waals surface area contributed by atoms with Gasteiger partial charge in [0.25, 0.3) is 0 Å². The van der Waals surface area contributed by atoms with Crippen molar-refractivity contribution in [2.24, 2.45) is 0 Å². The Morgan fingerprint density at radius 1 is 1.50 bits per heavy atom. The molecular formula is C12H11NO3. The second-order valence-corrected chi connectivity index (χ2v) is 3.52. The van der Waals surface area contributed by atoms with Crippen LogP contribution in [0.15, 0.2) is 41.1 Å². The molecule has 1 aromatic carbocycles. The van der Waals surface area contributed by atoms with Gasteiger partial charge in [-0.05, 0) is 24.6 Å². The third-order valence-electron chi connectivity index (χ3n) is 2.44. The van der Waals surface area contributed by atoms with Gasteiger partial charge in [0.2, 0.25) is 5.89 Å². The fourth-order valence-corrected chi connectivity index (χ4v) is 1.45. The SMILES string of the molecule is CC(C(=O)O)c1cccc(-c2ncco2)c1. The molecule has 0 saturated heterocycles. The highest BCUT2D eigenvalue weighted by atomic mass is 16.4. The molecule has 1 atom stereocenters. The molecule has 0 aliphatic carbocycles. The lowest BCUT2D eigenvalue weighted by Crippen LogP contribution is -2.07. The first kappa shape index (κ1) is 10.4. The average molecular weight is 217 g/mol. The molecule has 0 aliphatic heterocycles. The summed E-state index contributed by atoms with van der Waals surface area (Å²) in [7, 11) is 0. The Morgan fingerprint density at radius 2 is 2.31 bits per heavy atom. The van der Waals surface area contributed by atoms with E-state index in [1.54, 1.807) is 31.3 Å². The van der Waals surface area contributed by atoms with Gasteiger partial charge in [0.1, 0.15) is 6.26 Å². The summed E-state index contributed by atoms with van der Waals surface area (Å²) in [6, 6.07) is 7.20. The van der Waals surface area contributed by atoms with E-state index in [1.165, 1.54) is 6.26 Å². The molecule has 0 radical (unpaired) electrons. The minimum absolute atomic E-state index is 0.499. The van der Waals surface area contributed by atoms with Crippen LogP contribution in [-0.2, 0) is 4.79 Å². The summed E-state index contributed by atoms with van der Waals surface area (Å²) in [6.45, 7) is 1.65. The highest BCUT2D eigenvalue weighted by Gasteiger charge is 2.14. The molecule has 4 heteroatoms. The molecule has 1 heterocycles. The molecule has 2 rings (SSSR count). The van der Waals surface area contributed by atoms with Crippen molar-refractivity contribution in [3.8, 4) is 11.5 Å². The number of benzene rings is 1. The van der Waals surface area contributed by atoms with Crippen molar-refractivity contribution in [3.05, 3.63) is 42.3 Å². The number of carbonyl (C=O) groups is 1. The van der Waals surface area contributed by atoms with Crippen molar-refractivity contribution in [3.63, 3.8) is 0 Å². The van der Waals surface area contributed by atoms with Crippen LogP contribution in [0.5, 0.6) is 0 Å². The normalized spacial score (nSPS) is 12.3. The molecule has 16 heavy (non-hydrogen) atoms. The van der Waals surface area contributed by atoms with Crippen LogP contribution in [-0.4, -0.2) is 16.1 Å². The Labute approximate surface area is 92.6 Å². The Bertz CT molecular complexity index is 491. The standard InChI is InChI=1S/C12H11NO3/c1-8(12(14)15)9-3-2-4-10(7-9)11-13-5-6-16-11/h2-8H,1H3,(H,14,15). The first-order valence-electron chi connectivity index (χ1n) is 4.91. The van der Waals surface area contributed by atoms with Crippen molar-refractivity contribution >= 4 is 5.97 Å². The highest BCUT2D eigenvalue weighted by molar-refractivity contribution is 5.76. The predicted molar refractivity (Wildman–Crippen MR) is 58.0 cm³/mol. The smallest absolute Gasteiger partial charge is 0.310 e. The largest absolute Gasteiger partial charge is 0.481 e. The molecule has 1 aromatic heterocycles. The number of nitrogens with zero attached hydrogens (tertiary/aromatic N) is 1. The van der Waals surface area contributed by atoms with Crippen LogP contribution in [0.1, 0.15) is 18.4 Å². The summed E-state index contributed by atoms with van der Waals surface area (Å²) < 4.78 is 5.16. The van der Waals surface area contributed by atoms with Gasteiger partial charge in [-0.3, -0.25) is 4.79 Å². The first-order chi connectivity index (χ1) is 7.68. The van der Waals surface area contributed by atoms with Gasteiger partial charge in [0.05, 0.1) is 12.1 Å². The second kappa shape index (κ2) is 4.18.